The molecule has 2 nitrogen and oxygen atoms in total. The summed E-state index contributed by atoms with van der Waals surface area (Å²) in [5, 5.41) is 12.8. The highest BCUT2D eigenvalue weighted by atomic mass is 19.1. The average molecular weight is 229 g/mol. The van der Waals surface area contributed by atoms with Gasteiger partial charge in [-0.25, -0.2) is 4.39 Å². The first-order valence-electron chi connectivity index (χ1n) is 5.56. The molecule has 1 aliphatic rings. The Morgan fingerprint density at radius 3 is 2.65 bits per heavy atom. The molecule has 1 aliphatic heterocycles. The molecule has 86 valence electrons. The van der Waals surface area contributed by atoms with Gasteiger partial charge in [0.05, 0.1) is 6.61 Å². The van der Waals surface area contributed by atoms with Crippen LogP contribution in [0.5, 0.6) is 0 Å². The Morgan fingerprint density at radius 2 is 1.82 bits per heavy atom. The van der Waals surface area contributed by atoms with Crippen molar-refractivity contribution in [2.24, 2.45) is 0 Å². The zero-order chi connectivity index (χ0) is 11.8. The quantitative estimate of drug-likeness (QED) is 0.787. The van der Waals surface area contributed by atoms with Gasteiger partial charge in [-0.3, -0.25) is 0 Å². The van der Waals surface area contributed by atoms with Crippen molar-refractivity contribution in [1.29, 1.82) is 0 Å². The van der Waals surface area contributed by atoms with Crippen molar-refractivity contribution in [3.05, 3.63) is 59.4 Å². The number of anilines is 2. The number of hydrogen-bond acceptors (Lipinski definition) is 2. The Bertz CT molecular complexity index is 568. The van der Waals surface area contributed by atoms with Crippen LogP contribution in [0.2, 0.25) is 0 Å². The van der Waals surface area contributed by atoms with Crippen LogP contribution in [-0.2, 0) is 0 Å². The van der Waals surface area contributed by atoms with Crippen LogP contribution in [0.4, 0.5) is 15.8 Å². The Balaban J connectivity index is 2.19. The highest BCUT2D eigenvalue weighted by Gasteiger charge is 2.24. The third kappa shape index (κ3) is 1.59. The van der Waals surface area contributed by atoms with Gasteiger partial charge in [-0.2, -0.15) is 0 Å². The molecule has 0 amide bonds. The molecule has 17 heavy (non-hydrogen) atoms. The number of aliphatic hydroxyl groups is 1. The lowest BCUT2D eigenvalue weighted by Crippen LogP contribution is -2.15. The maximum absolute atomic E-state index is 13.3. The van der Waals surface area contributed by atoms with Gasteiger partial charge in [0.15, 0.2) is 0 Å². The lowest BCUT2D eigenvalue weighted by Gasteiger charge is -2.28. The number of fused-ring (bicyclic) bond motifs is 2. The summed E-state index contributed by atoms with van der Waals surface area (Å²) in [5.74, 6) is -0.429. The molecule has 0 saturated heterocycles. The molecule has 0 bridgehead atoms. The third-order valence-corrected chi connectivity index (χ3v) is 3.18. The zero-order valence-electron chi connectivity index (χ0n) is 9.15. The van der Waals surface area contributed by atoms with Crippen LogP contribution in [-0.4, -0.2) is 11.7 Å². The van der Waals surface area contributed by atoms with Crippen LogP contribution in [0.1, 0.15) is 17.0 Å². The zero-order valence-corrected chi connectivity index (χ0v) is 9.15. The van der Waals surface area contributed by atoms with E-state index >= 15 is 0 Å². The minimum absolute atomic E-state index is 0.0187. The first-order chi connectivity index (χ1) is 8.29. The average Bonchev–Trinajstić information content (AvgIpc) is 2.36. The molecule has 0 saturated carbocycles. The SMILES string of the molecule is OC[C@@H]1c2ccccc2Nc2ccc(F)cc21. The fourth-order valence-electron chi connectivity index (χ4n) is 2.36. The van der Waals surface area contributed by atoms with Crippen molar-refractivity contribution in [3.8, 4) is 0 Å². The molecule has 2 N–H and O–H groups in total. The van der Waals surface area contributed by atoms with E-state index in [-0.39, 0.29) is 18.3 Å². The van der Waals surface area contributed by atoms with Gasteiger partial charge in [0.2, 0.25) is 0 Å². The minimum Gasteiger partial charge on any atom is -0.395 e. The first-order valence-corrected chi connectivity index (χ1v) is 5.56. The number of halogens is 1. The van der Waals surface area contributed by atoms with Crippen molar-refractivity contribution >= 4 is 11.4 Å². The highest BCUT2D eigenvalue weighted by Crippen LogP contribution is 2.40. The number of hydrogen-bond donors (Lipinski definition) is 2. The second kappa shape index (κ2) is 3.86. The van der Waals surface area contributed by atoms with E-state index in [0.717, 1.165) is 22.5 Å². The summed E-state index contributed by atoms with van der Waals surface area (Å²) in [6.45, 7) is -0.0187. The van der Waals surface area contributed by atoms with E-state index in [2.05, 4.69) is 5.32 Å². The molecule has 0 aliphatic carbocycles. The normalized spacial score (nSPS) is 16.9. The Morgan fingerprint density at radius 1 is 1.06 bits per heavy atom. The largest absolute Gasteiger partial charge is 0.395 e. The van der Waals surface area contributed by atoms with E-state index in [4.69, 9.17) is 0 Å². The third-order valence-electron chi connectivity index (χ3n) is 3.18. The molecule has 1 atom stereocenters. The van der Waals surface area contributed by atoms with Crippen molar-refractivity contribution in [2.75, 3.05) is 11.9 Å². The summed E-state index contributed by atoms with van der Waals surface area (Å²) >= 11 is 0. The molecule has 3 heteroatoms. The smallest absolute Gasteiger partial charge is 0.123 e. The topological polar surface area (TPSA) is 32.3 Å². The molecule has 0 spiro atoms. The molecular weight excluding hydrogens is 217 g/mol. The molecule has 0 aromatic heterocycles. The van der Waals surface area contributed by atoms with E-state index in [1.54, 1.807) is 6.07 Å². The van der Waals surface area contributed by atoms with E-state index in [0.29, 0.717) is 0 Å². The van der Waals surface area contributed by atoms with Crippen LogP contribution in [0, 0.1) is 5.82 Å². The maximum atomic E-state index is 13.3. The summed E-state index contributed by atoms with van der Waals surface area (Å²) in [4.78, 5) is 0. The molecule has 2 aromatic rings. The molecule has 1 heterocycles. The van der Waals surface area contributed by atoms with Crippen molar-refractivity contribution in [3.63, 3.8) is 0 Å². The second-order valence-corrected chi connectivity index (χ2v) is 4.18. The van der Waals surface area contributed by atoms with Crippen LogP contribution in [0.25, 0.3) is 0 Å². The first kappa shape index (κ1) is 10.3. The van der Waals surface area contributed by atoms with Gasteiger partial charge >= 0.3 is 0 Å². The van der Waals surface area contributed by atoms with Gasteiger partial charge in [0.1, 0.15) is 5.82 Å². The molecule has 2 aromatic carbocycles. The lowest BCUT2D eigenvalue weighted by molar-refractivity contribution is 0.280. The van der Waals surface area contributed by atoms with Gasteiger partial charge in [-0.15, -0.1) is 0 Å². The fourth-order valence-corrected chi connectivity index (χ4v) is 2.36. The van der Waals surface area contributed by atoms with E-state index < -0.39 is 0 Å². The van der Waals surface area contributed by atoms with Crippen LogP contribution in [0.15, 0.2) is 42.5 Å². The molecule has 0 unspecified atom stereocenters. The number of nitrogens with one attached hydrogen (secondary N) is 1. The second-order valence-electron chi connectivity index (χ2n) is 4.18. The Labute approximate surface area is 98.7 Å². The lowest BCUT2D eigenvalue weighted by atomic mass is 9.86. The predicted octanol–water partition coefficient (Wildman–Crippen LogP) is 3.01. The van der Waals surface area contributed by atoms with Crippen LogP contribution in [0.3, 0.4) is 0 Å². The van der Waals surface area contributed by atoms with Gasteiger partial charge in [-0.1, -0.05) is 18.2 Å². The van der Waals surface area contributed by atoms with Gasteiger partial charge in [-0.05, 0) is 35.4 Å². The molecule has 0 radical (unpaired) electrons. The highest BCUT2D eigenvalue weighted by molar-refractivity contribution is 5.73. The molecule has 0 fully saturated rings. The summed E-state index contributed by atoms with van der Waals surface area (Å²) in [5.41, 5.74) is 3.66. The van der Waals surface area contributed by atoms with Crippen LogP contribution < -0.4 is 5.32 Å². The number of aliphatic hydroxyl groups excluding tert-OH is 1. The van der Waals surface area contributed by atoms with Gasteiger partial charge < -0.3 is 10.4 Å². The van der Waals surface area contributed by atoms with E-state index in [1.165, 1.54) is 12.1 Å². The predicted molar refractivity (Wildman–Crippen MR) is 65.1 cm³/mol. The monoisotopic (exact) mass is 229 g/mol. The standard InChI is InChI=1S/C14H12FNO/c15-9-5-6-14-11(7-9)12(8-17)10-3-1-2-4-13(10)16-14/h1-7,12,16-17H,8H2/t12-/m1/s1. The Kier molecular flexibility index (Phi) is 2.34. The van der Waals surface area contributed by atoms with Crippen molar-refractivity contribution in [1.82, 2.24) is 0 Å². The van der Waals surface area contributed by atoms with Crippen molar-refractivity contribution < 1.29 is 9.50 Å². The molecular formula is C14H12FNO. The number of benzene rings is 2. The number of rotatable bonds is 1. The maximum Gasteiger partial charge on any atom is 0.123 e. The number of para-hydroxylation sites is 1. The Hall–Kier alpha value is -1.87. The van der Waals surface area contributed by atoms with Gasteiger partial charge in [0, 0.05) is 17.3 Å². The summed E-state index contributed by atoms with van der Waals surface area (Å²) in [6.07, 6.45) is 0. The van der Waals surface area contributed by atoms with Crippen molar-refractivity contribution in [2.45, 2.75) is 5.92 Å². The fraction of sp³-hybridized carbons (Fsp3) is 0.143. The van der Waals surface area contributed by atoms with E-state index in [9.17, 15) is 9.50 Å². The van der Waals surface area contributed by atoms with Gasteiger partial charge in [0.25, 0.3) is 0 Å². The minimum atomic E-state index is -0.275. The summed E-state index contributed by atoms with van der Waals surface area (Å²) in [7, 11) is 0. The van der Waals surface area contributed by atoms with Crippen LogP contribution >= 0.6 is 0 Å². The molecule has 3 rings (SSSR count). The summed E-state index contributed by atoms with van der Waals surface area (Å²) < 4.78 is 13.3. The summed E-state index contributed by atoms with van der Waals surface area (Å²) in [6, 6.07) is 12.4. The van der Waals surface area contributed by atoms with E-state index in [1.807, 2.05) is 24.3 Å².